The lowest BCUT2D eigenvalue weighted by Gasteiger charge is -2.18. The van der Waals surface area contributed by atoms with E-state index >= 15 is 0 Å². The average molecular weight is 396 g/mol. The van der Waals surface area contributed by atoms with Crippen molar-refractivity contribution >= 4 is 40.0 Å². The summed E-state index contributed by atoms with van der Waals surface area (Å²) < 4.78 is 0. The van der Waals surface area contributed by atoms with Crippen LogP contribution in [0, 0.1) is 19.3 Å². The quantitative estimate of drug-likeness (QED) is 0.585. The highest BCUT2D eigenvalue weighted by molar-refractivity contribution is 7.13. The largest absolute Gasteiger partial charge is 0.510 e. The Morgan fingerprint density at radius 3 is 2.41 bits per heavy atom. The fraction of sp³-hybridized carbons (Fsp3) is 0.143. The maximum Gasteiger partial charge on any atom is 0.139 e. The predicted molar refractivity (Wildman–Crippen MR) is 113 cm³/mol. The number of anilines is 1. The summed E-state index contributed by atoms with van der Waals surface area (Å²) in [6, 6.07) is 15.5. The molecule has 27 heavy (non-hydrogen) atoms. The van der Waals surface area contributed by atoms with E-state index in [1.807, 2.05) is 19.1 Å². The molecule has 1 aromatic heterocycles. The Kier molecular flexibility index (Phi) is 4.50. The SMILES string of the molecule is Cc1ccc(-c2nc(C3=C(O)CN(c4ccc(Cl)cc4)C3=N)sc2C)cc1. The zero-order chi connectivity index (χ0) is 19.1. The molecule has 0 fully saturated rings. The first-order chi connectivity index (χ1) is 12.9. The molecule has 6 heteroatoms. The number of rotatable bonds is 3. The van der Waals surface area contributed by atoms with Crippen LogP contribution < -0.4 is 4.90 Å². The Bertz CT molecular complexity index is 1050. The molecule has 0 saturated heterocycles. The molecule has 4 rings (SSSR count). The van der Waals surface area contributed by atoms with Gasteiger partial charge in [-0.15, -0.1) is 11.3 Å². The maximum absolute atomic E-state index is 10.5. The molecule has 136 valence electrons. The van der Waals surface area contributed by atoms with Crippen LogP contribution in [0.5, 0.6) is 0 Å². The Morgan fingerprint density at radius 1 is 1.07 bits per heavy atom. The van der Waals surface area contributed by atoms with E-state index < -0.39 is 0 Å². The van der Waals surface area contributed by atoms with Crippen LogP contribution in [0.4, 0.5) is 5.69 Å². The topological polar surface area (TPSA) is 60.2 Å². The first kappa shape index (κ1) is 17.8. The third-order valence-corrected chi connectivity index (χ3v) is 5.82. The van der Waals surface area contributed by atoms with Gasteiger partial charge in [-0.05, 0) is 38.1 Å². The van der Waals surface area contributed by atoms with Gasteiger partial charge in [0.1, 0.15) is 16.6 Å². The summed E-state index contributed by atoms with van der Waals surface area (Å²) in [4.78, 5) is 7.56. The second-order valence-electron chi connectivity index (χ2n) is 6.52. The molecule has 3 aromatic rings. The lowest BCUT2D eigenvalue weighted by Crippen LogP contribution is -2.25. The Labute approximate surface area is 166 Å². The lowest BCUT2D eigenvalue weighted by atomic mass is 10.1. The van der Waals surface area contributed by atoms with Gasteiger partial charge >= 0.3 is 0 Å². The van der Waals surface area contributed by atoms with E-state index in [1.54, 1.807) is 17.0 Å². The summed E-state index contributed by atoms with van der Waals surface area (Å²) in [6.45, 7) is 4.33. The number of nitrogens with one attached hydrogen (secondary N) is 1. The molecule has 0 spiro atoms. The molecule has 2 heterocycles. The highest BCUT2D eigenvalue weighted by Gasteiger charge is 2.31. The van der Waals surface area contributed by atoms with Crippen molar-refractivity contribution in [3.05, 3.63) is 74.8 Å². The van der Waals surface area contributed by atoms with Gasteiger partial charge in [-0.2, -0.15) is 0 Å². The number of hydrogen-bond acceptors (Lipinski definition) is 4. The van der Waals surface area contributed by atoms with E-state index in [2.05, 4.69) is 31.2 Å². The average Bonchev–Trinajstić information content (AvgIpc) is 3.16. The number of thiazole rings is 1. The minimum absolute atomic E-state index is 0.166. The van der Waals surface area contributed by atoms with Crippen molar-refractivity contribution in [3.63, 3.8) is 0 Å². The number of aromatic nitrogens is 1. The highest BCUT2D eigenvalue weighted by Crippen LogP contribution is 2.36. The van der Waals surface area contributed by atoms with Crippen molar-refractivity contribution in [2.45, 2.75) is 13.8 Å². The summed E-state index contributed by atoms with van der Waals surface area (Å²) in [7, 11) is 0. The van der Waals surface area contributed by atoms with Crippen LogP contribution in [0.1, 0.15) is 15.4 Å². The van der Waals surface area contributed by atoms with Gasteiger partial charge in [0, 0.05) is 21.2 Å². The number of nitrogens with zero attached hydrogens (tertiary/aromatic N) is 2. The van der Waals surface area contributed by atoms with Gasteiger partial charge < -0.3 is 10.0 Å². The molecule has 2 N–H and O–H groups in total. The van der Waals surface area contributed by atoms with E-state index in [0.29, 0.717) is 15.6 Å². The maximum atomic E-state index is 10.5. The van der Waals surface area contributed by atoms with Crippen molar-refractivity contribution in [3.8, 4) is 11.3 Å². The van der Waals surface area contributed by atoms with Crippen LogP contribution >= 0.6 is 22.9 Å². The van der Waals surface area contributed by atoms with Gasteiger partial charge in [-0.25, -0.2) is 4.98 Å². The van der Waals surface area contributed by atoms with E-state index in [0.717, 1.165) is 21.8 Å². The van der Waals surface area contributed by atoms with E-state index in [4.69, 9.17) is 22.0 Å². The van der Waals surface area contributed by atoms with Gasteiger partial charge in [0.25, 0.3) is 0 Å². The third kappa shape index (κ3) is 3.24. The summed E-state index contributed by atoms with van der Waals surface area (Å²) in [5.41, 5.74) is 4.45. The number of aliphatic hydroxyl groups excluding tert-OH is 1. The van der Waals surface area contributed by atoms with Crippen molar-refractivity contribution in [2.24, 2.45) is 0 Å². The number of hydrogen-bond donors (Lipinski definition) is 2. The van der Waals surface area contributed by atoms with E-state index in [-0.39, 0.29) is 18.1 Å². The standard InChI is InChI=1S/C21H18ClN3OS/c1-12-3-5-14(6-4-12)19-13(2)27-21(24-19)18-17(26)11-25(20(18)23)16-9-7-15(22)8-10-16/h3-10,23,26H,11H2,1-2H3. The van der Waals surface area contributed by atoms with Gasteiger partial charge in [-0.1, -0.05) is 41.4 Å². The molecule has 0 saturated carbocycles. The number of amidine groups is 1. The van der Waals surface area contributed by atoms with Crippen LogP contribution in [0.25, 0.3) is 16.8 Å². The minimum atomic E-state index is 0.166. The summed E-state index contributed by atoms with van der Waals surface area (Å²) in [5.74, 6) is 0.415. The van der Waals surface area contributed by atoms with Crippen LogP contribution in [-0.4, -0.2) is 22.5 Å². The number of benzene rings is 2. The Hall–Kier alpha value is -2.63. The van der Waals surface area contributed by atoms with Crippen molar-refractivity contribution in [1.29, 1.82) is 5.41 Å². The first-order valence-electron chi connectivity index (χ1n) is 8.53. The van der Waals surface area contributed by atoms with Crippen LogP contribution in [0.2, 0.25) is 5.02 Å². The van der Waals surface area contributed by atoms with Gasteiger partial charge in [0.15, 0.2) is 0 Å². The Balaban J connectivity index is 1.68. The molecular weight excluding hydrogens is 378 g/mol. The molecule has 1 aliphatic heterocycles. The van der Waals surface area contributed by atoms with E-state index in [1.165, 1.54) is 16.9 Å². The summed E-state index contributed by atoms with van der Waals surface area (Å²) in [6.07, 6.45) is 0. The second kappa shape index (κ2) is 6.83. The van der Waals surface area contributed by atoms with Crippen molar-refractivity contribution in [2.75, 3.05) is 11.4 Å². The van der Waals surface area contributed by atoms with Crippen molar-refractivity contribution in [1.82, 2.24) is 4.98 Å². The molecule has 0 aliphatic carbocycles. The summed E-state index contributed by atoms with van der Waals surface area (Å²) in [5, 5.41) is 20.4. The molecule has 4 nitrogen and oxygen atoms in total. The highest BCUT2D eigenvalue weighted by atomic mass is 35.5. The zero-order valence-corrected chi connectivity index (χ0v) is 16.5. The summed E-state index contributed by atoms with van der Waals surface area (Å²) >= 11 is 7.46. The van der Waals surface area contributed by atoms with Gasteiger partial charge in [0.2, 0.25) is 0 Å². The second-order valence-corrected chi connectivity index (χ2v) is 8.16. The fourth-order valence-electron chi connectivity index (χ4n) is 3.13. The monoisotopic (exact) mass is 395 g/mol. The molecule has 0 radical (unpaired) electrons. The van der Waals surface area contributed by atoms with Crippen LogP contribution in [0.15, 0.2) is 54.3 Å². The lowest BCUT2D eigenvalue weighted by molar-refractivity contribution is 0.411. The molecule has 1 aliphatic rings. The third-order valence-electron chi connectivity index (χ3n) is 4.58. The molecule has 2 aromatic carbocycles. The smallest absolute Gasteiger partial charge is 0.139 e. The molecule has 0 atom stereocenters. The molecule has 0 unspecified atom stereocenters. The predicted octanol–water partition coefficient (Wildman–Crippen LogP) is 5.85. The van der Waals surface area contributed by atoms with Crippen LogP contribution in [0.3, 0.4) is 0 Å². The Morgan fingerprint density at radius 2 is 1.74 bits per heavy atom. The first-order valence-corrected chi connectivity index (χ1v) is 9.72. The normalized spacial score (nSPS) is 14.3. The minimum Gasteiger partial charge on any atom is -0.510 e. The number of aliphatic hydroxyl groups is 1. The fourth-order valence-corrected chi connectivity index (χ4v) is 4.26. The van der Waals surface area contributed by atoms with Gasteiger partial charge in [0.05, 0.1) is 17.8 Å². The van der Waals surface area contributed by atoms with E-state index in [9.17, 15) is 5.11 Å². The van der Waals surface area contributed by atoms with Gasteiger partial charge in [-0.3, -0.25) is 5.41 Å². The van der Waals surface area contributed by atoms with Crippen molar-refractivity contribution < 1.29 is 5.11 Å². The molecular formula is C21H18ClN3OS. The number of halogens is 1. The van der Waals surface area contributed by atoms with Crippen LogP contribution in [-0.2, 0) is 0 Å². The number of aryl methyl sites for hydroxylation is 2. The molecule has 0 amide bonds. The zero-order valence-electron chi connectivity index (χ0n) is 15.0. The molecule has 0 bridgehead atoms.